The largest absolute Gasteiger partial charge is 0.489 e. The monoisotopic (exact) mass is 385 g/mol. The number of ether oxygens (including phenoxy) is 2. The lowest BCUT2D eigenvalue weighted by Gasteiger charge is -2.30. The van der Waals surface area contributed by atoms with E-state index in [9.17, 15) is 14.7 Å². The molecule has 1 unspecified atom stereocenters. The number of amides is 1. The number of carbonyl (C=O) groups is 2. The van der Waals surface area contributed by atoms with Crippen LogP contribution in [-0.4, -0.2) is 34.7 Å². The normalized spacial score (nSPS) is 12.1. The van der Waals surface area contributed by atoms with Gasteiger partial charge in [0, 0.05) is 7.05 Å². The van der Waals surface area contributed by atoms with E-state index in [-0.39, 0.29) is 6.42 Å². The van der Waals surface area contributed by atoms with Crippen LogP contribution in [0.25, 0.3) is 0 Å². The van der Waals surface area contributed by atoms with Gasteiger partial charge in [0.05, 0.1) is 12.5 Å². The molecule has 2 aromatic carbocycles. The quantitative estimate of drug-likeness (QED) is 0.751. The molecule has 0 saturated heterocycles. The Labute approximate surface area is 165 Å². The number of benzene rings is 2. The molecule has 150 valence electrons. The Balaban J connectivity index is 2.10. The number of aliphatic carboxylic acids is 1. The second-order valence-corrected chi connectivity index (χ2v) is 7.55. The van der Waals surface area contributed by atoms with Gasteiger partial charge in [-0.2, -0.15) is 0 Å². The van der Waals surface area contributed by atoms with Crippen molar-refractivity contribution in [2.75, 3.05) is 7.05 Å². The van der Waals surface area contributed by atoms with Gasteiger partial charge in [-0.15, -0.1) is 0 Å². The highest BCUT2D eigenvalue weighted by atomic mass is 16.6. The Hall–Kier alpha value is -3.02. The maximum atomic E-state index is 12.4. The fourth-order valence-electron chi connectivity index (χ4n) is 2.63. The van der Waals surface area contributed by atoms with Crippen LogP contribution in [0.4, 0.5) is 4.79 Å². The number of carboxylic acids is 1. The fourth-order valence-corrected chi connectivity index (χ4v) is 2.63. The first-order valence-electron chi connectivity index (χ1n) is 9.10. The van der Waals surface area contributed by atoms with Gasteiger partial charge in [-0.25, -0.2) is 4.79 Å². The number of hydrogen-bond acceptors (Lipinski definition) is 4. The van der Waals surface area contributed by atoms with E-state index in [1.807, 2.05) is 30.3 Å². The molecule has 1 N–H and O–H groups in total. The molecule has 0 aliphatic heterocycles. The zero-order valence-corrected chi connectivity index (χ0v) is 16.7. The second kappa shape index (κ2) is 9.26. The topological polar surface area (TPSA) is 76.1 Å². The van der Waals surface area contributed by atoms with Crippen molar-refractivity contribution in [1.29, 1.82) is 0 Å². The van der Waals surface area contributed by atoms with Crippen molar-refractivity contribution in [3.63, 3.8) is 0 Å². The van der Waals surface area contributed by atoms with E-state index in [1.165, 1.54) is 4.90 Å². The molecule has 2 aromatic rings. The van der Waals surface area contributed by atoms with Gasteiger partial charge in [0.25, 0.3) is 0 Å². The summed E-state index contributed by atoms with van der Waals surface area (Å²) in [5.74, 6) is -0.327. The summed E-state index contributed by atoms with van der Waals surface area (Å²) in [7, 11) is 1.54. The first-order valence-corrected chi connectivity index (χ1v) is 9.10. The van der Waals surface area contributed by atoms with Gasteiger partial charge in [-0.05, 0) is 44.0 Å². The van der Waals surface area contributed by atoms with Crippen LogP contribution in [0.1, 0.15) is 44.4 Å². The Bertz CT molecular complexity index is 781. The van der Waals surface area contributed by atoms with Crippen LogP contribution in [0.5, 0.6) is 5.75 Å². The zero-order chi connectivity index (χ0) is 20.7. The van der Waals surface area contributed by atoms with Crippen molar-refractivity contribution in [3.8, 4) is 5.75 Å². The Morgan fingerprint density at radius 3 is 2.18 bits per heavy atom. The Kier molecular flexibility index (Phi) is 7.04. The predicted octanol–water partition coefficient (Wildman–Crippen LogP) is 4.65. The van der Waals surface area contributed by atoms with Crippen LogP contribution in [-0.2, 0) is 16.1 Å². The number of hydrogen-bond donors (Lipinski definition) is 1. The third-order valence-electron chi connectivity index (χ3n) is 4.03. The average molecular weight is 385 g/mol. The van der Waals surface area contributed by atoms with Crippen molar-refractivity contribution < 1.29 is 24.2 Å². The van der Waals surface area contributed by atoms with Crippen molar-refractivity contribution >= 4 is 12.1 Å². The highest BCUT2D eigenvalue weighted by Gasteiger charge is 2.28. The van der Waals surface area contributed by atoms with Crippen LogP contribution in [0.15, 0.2) is 54.6 Å². The molecule has 6 nitrogen and oxygen atoms in total. The molecule has 0 saturated carbocycles. The van der Waals surface area contributed by atoms with E-state index in [0.29, 0.717) is 17.9 Å². The predicted molar refractivity (Wildman–Crippen MR) is 106 cm³/mol. The van der Waals surface area contributed by atoms with Gasteiger partial charge in [0.2, 0.25) is 0 Å². The molecule has 0 aromatic heterocycles. The van der Waals surface area contributed by atoms with Crippen LogP contribution < -0.4 is 4.74 Å². The van der Waals surface area contributed by atoms with Crippen molar-refractivity contribution in [2.24, 2.45) is 0 Å². The minimum absolute atomic E-state index is 0.222. The van der Waals surface area contributed by atoms with E-state index in [1.54, 1.807) is 52.1 Å². The van der Waals surface area contributed by atoms with Crippen LogP contribution in [0.3, 0.4) is 0 Å². The van der Waals surface area contributed by atoms with Crippen LogP contribution >= 0.6 is 0 Å². The minimum atomic E-state index is -0.996. The number of rotatable bonds is 7. The van der Waals surface area contributed by atoms with Crippen LogP contribution in [0, 0.1) is 0 Å². The molecule has 0 radical (unpaired) electrons. The standard InChI is InChI=1S/C22H27NO5/c1-22(2,3)28-21(26)23(4)19(14-20(24)25)17-10-12-18(13-11-17)27-15-16-8-6-5-7-9-16/h5-13,19H,14-15H2,1-4H3,(H,24,25). The molecule has 0 aliphatic rings. The lowest BCUT2D eigenvalue weighted by molar-refractivity contribution is -0.138. The van der Waals surface area contributed by atoms with Gasteiger partial charge in [0.1, 0.15) is 18.0 Å². The lowest BCUT2D eigenvalue weighted by Crippen LogP contribution is -2.37. The van der Waals surface area contributed by atoms with Crippen molar-refractivity contribution in [3.05, 3.63) is 65.7 Å². The van der Waals surface area contributed by atoms with E-state index < -0.39 is 23.7 Å². The first kappa shape index (κ1) is 21.3. The van der Waals surface area contributed by atoms with E-state index in [2.05, 4.69) is 0 Å². The lowest BCUT2D eigenvalue weighted by atomic mass is 10.0. The number of nitrogens with zero attached hydrogens (tertiary/aromatic N) is 1. The number of carboxylic acid groups (broad SMARTS) is 1. The summed E-state index contributed by atoms with van der Waals surface area (Å²) in [6.07, 6.45) is -0.789. The molecule has 0 spiro atoms. The molecule has 0 fully saturated rings. The fraction of sp³-hybridized carbons (Fsp3) is 0.364. The van der Waals surface area contributed by atoms with Crippen molar-refractivity contribution in [1.82, 2.24) is 4.90 Å². The van der Waals surface area contributed by atoms with Crippen molar-refractivity contribution in [2.45, 2.75) is 45.4 Å². The summed E-state index contributed by atoms with van der Waals surface area (Å²) in [6, 6.07) is 16.3. The minimum Gasteiger partial charge on any atom is -0.489 e. The van der Waals surface area contributed by atoms with Gasteiger partial charge >= 0.3 is 12.1 Å². The highest BCUT2D eigenvalue weighted by molar-refractivity contribution is 5.72. The average Bonchev–Trinajstić information content (AvgIpc) is 2.64. The molecular weight excluding hydrogens is 358 g/mol. The third-order valence-corrected chi connectivity index (χ3v) is 4.03. The van der Waals surface area contributed by atoms with Gasteiger partial charge in [-0.3, -0.25) is 4.79 Å². The maximum absolute atomic E-state index is 12.4. The van der Waals surface area contributed by atoms with E-state index in [4.69, 9.17) is 9.47 Å². The molecule has 1 amide bonds. The first-order chi connectivity index (χ1) is 13.2. The molecule has 2 rings (SSSR count). The molecule has 1 atom stereocenters. The summed E-state index contributed by atoms with van der Waals surface area (Å²) < 4.78 is 11.1. The SMILES string of the molecule is CN(C(=O)OC(C)(C)C)C(CC(=O)O)c1ccc(OCc2ccccc2)cc1. The molecule has 0 bridgehead atoms. The van der Waals surface area contributed by atoms with Crippen LogP contribution in [0.2, 0.25) is 0 Å². The molecule has 6 heteroatoms. The van der Waals surface area contributed by atoms with Gasteiger partial charge in [0.15, 0.2) is 0 Å². The summed E-state index contributed by atoms with van der Waals surface area (Å²) in [6.45, 7) is 5.74. The zero-order valence-electron chi connectivity index (χ0n) is 16.7. The number of carbonyl (C=O) groups excluding carboxylic acids is 1. The maximum Gasteiger partial charge on any atom is 0.410 e. The second-order valence-electron chi connectivity index (χ2n) is 7.55. The third kappa shape index (κ3) is 6.61. The molecule has 0 aliphatic carbocycles. The summed E-state index contributed by atoms with van der Waals surface area (Å²) >= 11 is 0. The molecule has 28 heavy (non-hydrogen) atoms. The smallest absolute Gasteiger partial charge is 0.410 e. The van der Waals surface area contributed by atoms with Gasteiger partial charge < -0.3 is 19.5 Å². The summed E-state index contributed by atoms with van der Waals surface area (Å²) in [5.41, 5.74) is 1.09. The highest BCUT2D eigenvalue weighted by Crippen LogP contribution is 2.27. The molecule has 0 heterocycles. The summed E-state index contributed by atoms with van der Waals surface area (Å²) in [5, 5.41) is 9.27. The van der Waals surface area contributed by atoms with Gasteiger partial charge in [-0.1, -0.05) is 42.5 Å². The summed E-state index contributed by atoms with van der Waals surface area (Å²) in [4.78, 5) is 25.0. The molecular formula is C22H27NO5. The van der Waals surface area contributed by atoms with E-state index in [0.717, 1.165) is 5.56 Å². The Morgan fingerprint density at radius 1 is 1.04 bits per heavy atom. The van der Waals surface area contributed by atoms with E-state index >= 15 is 0 Å². The Morgan fingerprint density at radius 2 is 1.64 bits per heavy atom.